The third kappa shape index (κ3) is 3.48. The van der Waals surface area contributed by atoms with Gasteiger partial charge in [-0.25, -0.2) is 19.8 Å². The highest BCUT2D eigenvalue weighted by Gasteiger charge is 2.38. The van der Waals surface area contributed by atoms with Crippen LogP contribution in [0.1, 0.15) is 35.7 Å². The van der Waals surface area contributed by atoms with Gasteiger partial charge >= 0.3 is 5.97 Å². The number of amides is 1. The van der Waals surface area contributed by atoms with Gasteiger partial charge in [0, 0.05) is 36.6 Å². The Hall–Kier alpha value is -3.14. The highest BCUT2D eigenvalue weighted by molar-refractivity contribution is 7.98. The van der Waals surface area contributed by atoms with Gasteiger partial charge in [0.05, 0.1) is 0 Å². The molecule has 10 heteroatoms. The molecule has 0 spiro atoms. The molecule has 3 atom stereocenters. The zero-order valence-electron chi connectivity index (χ0n) is 17.8. The summed E-state index contributed by atoms with van der Waals surface area (Å²) in [6, 6.07) is 6.57. The zero-order chi connectivity index (χ0) is 22.4. The van der Waals surface area contributed by atoms with Gasteiger partial charge in [0.1, 0.15) is 17.5 Å². The second-order valence-corrected chi connectivity index (χ2v) is 8.86. The molecule has 0 radical (unpaired) electrons. The first kappa shape index (κ1) is 20.7. The molecule has 3 aliphatic heterocycles. The van der Waals surface area contributed by atoms with Crippen LogP contribution in [0.4, 0.5) is 11.5 Å². The fourth-order valence-corrected chi connectivity index (χ4v) is 4.83. The van der Waals surface area contributed by atoms with Crippen molar-refractivity contribution in [3.05, 3.63) is 41.6 Å². The van der Waals surface area contributed by atoms with Gasteiger partial charge in [0.15, 0.2) is 11.2 Å². The number of thioether (sulfide) groups is 1. The van der Waals surface area contributed by atoms with Crippen LogP contribution in [0.3, 0.4) is 0 Å². The number of ether oxygens (including phenoxy) is 1. The molecule has 1 N–H and O–H groups in total. The minimum atomic E-state index is -1.02. The van der Waals surface area contributed by atoms with E-state index in [9.17, 15) is 14.7 Å². The van der Waals surface area contributed by atoms with Crippen LogP contribution in [0.25, 0.3) is 0 Å². The smallest absolute Gasteiger partial charge is 0.332 e. The molecule has 1 aromatic carbocycles. The van der Waals surface area contributed by atoms with Gasteiger partial charge in [-0.15, -0.1) is 0 Å². The molecule has 4 heterocycles. The topological polar surface area (TPSA) is 108 Å². The summed E-state index contributed by atoms with van der Waals surface area (Å²) in [7, 11) is 0. The molecule has 1 fully saturated rings. The van der Waals surface area contributed by atoms with E-state index in [-0.39, 0.29) is 17.8 Å². The summed E-state index contributed by atoms with van der Waals surface area (Å²) in [5, 5.41) is 9.98. The lowest BCUT2D eigenvalue weighted by molar-refractivity contribution is -0.139. The predicted octanol–water partition coefficient (Wildman–Crippen LogP) is 2.45. The SMILES string of the molecule is CSc1ncc2c(n1)N1CCC[C@H]1CN(c1cccc(C3=N[C@H](C(=O)O)[C@H](C)O3)c1)C2=O. The van der Waals surface area contributed by atoms with Crippen molar-refractivity contribution in [2.75, 3.05) is 29.1 Å². The average Bonchev–Trinajstić information content (AvgIpc) is 3.40. The maximum absolute atomic E-state index is 13.6. The van der Waals surface area contributed by atoms with Crippen LogP contribution in [-0.4, -0.2) is 70.4 Å². The normalized spacial score (nSPS) is 24.5. The number of aliphatic carboxylic acids is 1. The third-order valence-corrected chi connectivity index (χ3v) is 6.67. The second-order valence-electron chi connectivity index (χ2n) is 8.09. The van der Waals surface area contributed by atoms with E-state index >= 15 is 0 Å². The number of hydrogen-bond donors (Lipinski definition) is 1. The second kappa shape index (κ2) is 8.09. The molecule has 32 heavy (non-hydrogen) atoms. The van der Waals surface area contributed by atoms with E-state index in [0.717, 1.165) is 19.4 Å². The van der Waals surface area contributed by atoms with Gasteiger partial charge in [-0.05, 0) is 44.2 Å². The number of carbonyl (C=O) groups excluding carboxylic acids is 1. The lowest BCUT2D eigenvalue weighted by Crippen LogP contribution is -2.39. The van der Waals surface area contributed by atoms with Crippen LogP contribution in [0.15, 0.2) is 40.6 Å². The first-order chi connectivity index (χ1) is 15.5. The van der Waals surface area contributed by atoms with E-state index in [2.05, 4.69) is 19.9 Å². The van der Waals surface area contributed by atoms with Crippen LogP contribution >= 0.6 is 11.8 Å². The van der Waals surface area contributed by atoms with E-state index in [4.69, 9.17) is 4.74 Å². The van der Waals surface area contributed by atoms with Gasteiger partial charge in [0.2, 0.25) is 5.90 Å². The average molecular weight is 454 g/mol. The Labute approximate surface area is 189 Å². The van der Waals surface area contributed by atoms with Crippen LogP contribution < -0.4 is 9.80 Å². The monoisotopic (exact) mass is 453 g/mol. The number of carboxylic acids is 1. The van der Waals surface area contributed by atoms with Crippen LogP contribution in [0, 0.1) is 0 Å². The summed E-state index contributed by atoms with van der Waals surface area (Å²) in [6.07, 6.45) is 5.02. The Morgan fingerprint density at radius 2 is 2.19 bits per heavy atom. The molecular weight excluding hydrogens is 430 g/mol. The summed E-state index contributed by atoms with van der Waals surface area (Å²) in [4.78, 5) is 42.2. The van der Waals surface area contributed by atoms with Crippen molar-refractivity contribution in [2.24, 2.45) is 4.99 Å². The number of fused-ring (bicyclic) bond motifs is 3. The molecule has 3 aliphatic rings. The molecule has 166 valence electrons. The first-order valence-corrected chi connectivity index (χ1v) is 11.8. The maximum atomic E-state index is 13.6. The van der Waals surface area contributed by atoms with Gasteiger partial charge in [-0.1, -0.05) is 17.8 Å². The van der Waals surface area contributed by atoms with Gasteiger partial charge in [0.25, 0.3) is 5.91 Å². The van der Waals surface area contributed by atoms with Crippen molar-refractivity contribution in [3.8, 4) is 0 Å². The van der Waals surface area contributed by atoms with E-state index in [1.807, 2.05) is 30.5 Å². The number of rotatable bonds is 4. The molecule has 0 aliphatic carbocycles. The number of carbonyl (C=O) groups is 2. The maximum Gasteiger partial charge on any atom is 0.332 e. The predicted molar refractivity (Wildman–Crippen MR) is 121 cm³/mol. The Kier molecular flexibility index (Phi) is 5.24. The van der Waals surface area contributed by atoms with E-state index in [1.165, 1.54) is 11.8 Å². The number of aromatic nitrogens is 2. The van der Waals surface area contributed by atoms with Crippen molar-refractivity contribution in [2.45, 2.75) is 43.1 Å². The van der Waals surface area contributed by atoms with Gasteiger partial charge in [-0.2, -0.15) is 0 Å². The van der Waals surface area contributed by atoms with E-state index in [0.29, 0.717) is 34.3 Å². The molecule has 9 nitrogen and oxygen atoms in total. The third-order valence-electron chi connectivity index (χ3n) is 6.10. The molecule has 0 unspecified atom stereocenters. The molecule has 1 saturated heterocycles. The Bertz CT molecular complexity index is 1120. The Morgan fingerprint density at radius 3 is 2.94 bits per heavy atom. The fraction of sp³-hybridized carbons (Fsp3) is 0.409. The summed E-state index contributed by atoms with van der Waals surface area (Å²) in [6.45, 7) is 3.09. The summed E-state index contributed by atoms with van der Waals surface area (Å²) in [5.74, 6) is -0.179. The Balaban J connectivity index is 1.52. The minimum absolute atomic E-state index is 0.148. The molecular formula is C22H23N5O4S. The van der Waals surface area contributed by atoms with Gasteiger partial charge < -0.3 is 19.6 Å². The highest BCUT2D eigenvalue weighted by atomic mass is 32.2. The number of benzene rings is 1. The molecule has 1 aromatic heterocycles. The number of nitrogens with zero attached hydrogens (tertiary/aromatic N) is 5. The number of carboxylic acid groups (broad SMARTS) is 1. The van der Waals surface area contributed by atoms with E-state index < -0.39 is 18.1 Å². The van der Waals surface area contributed by atoms with Crippen molar-refractivity contribution in [3.63, 3.8) is 0 Å². The molecule has 0 bridgehead atoms. The summed E-state index contributed by atoms with van der Waals surface area (Å²) < 4.78 is 5.70. The van der Waals surface area contributed by atoms with Crippen molar-refractivity contribution >= 4 is 41.0 Å². The first-order valence-electron chi connectivity index (χ1n) is 10.5. The standard InChI is InChI=1S/C22H23N5O4S/c1-12-17(21(29)30)24-19(31-12)13-5-3-6-14(9-13)27-11-15-7-4-8-26(15)18-16(20(27)28)10-23-22(25-18)32-2/h3,5-6,9-10,12,15,17H,4,7-8,11H2,1-2H3,(H,29,30)/t12-,15-,17-/m0/s1. The van der Waals surface area contributed by atoms with Crippen molar-refractivity contribution in [1.29, 1.82) is 0 Å². The molecule has 5 rings (SSSR count). The van der Waals surface area contributed by atoms with E-state index in [1.54, 1.807) is 18.0 Å². The van der Waals surface area contributed by atoms with Crippen molar-refractivity contribution < 1.29 is 19.4 Å². The molecule has 1 amide bonds. The lowest BCUT2D eigenvalue weighted by atomic mass is 10.1. The minimum Gasteiger partial charge on any atom is -0.480 e. The van der Waals surface area contributed by atoms with Crippen LogP contribution in [-0.2, 0) is 9.53 Å². The largest absolute Gasteiger partial charge is 0.480 e. The van der Waals surface area contributed by atoms with Crippen LogP contribution in [0.5, 0.6) is 0 Å². The molecule has 0 saturated carbocycles. The van der Waals surface area contributed by atoms with Crippen molar-refractivity contribution in [1.82, 2.24) is 9.97 Å². The van der Waals surface area contributed by atoms with Gasteiger partial charge in [-0.3, -0.25) is 4.79 Å². The highest BCUT2D eigenvalue weighted by Crippen LogP contribution is 2.34. The number of hydrogen-bond acceptors (Lipinski definition) is 8. The Morgan fingerprint density at radius 1 is 1.34 bits per heavy atom. The summed E-state index contributed by atoms with van der Waals surface area (Å²) >= 11 is 1.46. The number of aliphatic imine (C=N–C) groups is 1. The zero-order valence-corrected chi connectivity index (χ0v) is 18.6. The lowest BCUT2D eigenvalue weighted by Gasteiger charge is -2.27. The quantitative estimate of drug-likeness (QED) is 0.556. The molecule has 2 aromatic rings. The summed E-state index contributed by atoms with van der Waals surface area (Å²) in [5.41, 5.74) is 1.85. The fourth-order valence-electron chi connectivity index (χ4n) is 4.50. The number of anilines is 2. The van der Waals surface area contributed by atoms with Crippen LogP contribution in [0.2, 0.25) is 0 Å².